The van der Waals surface area contributed by atoms with Crippen LogP contribution in [0, 0.1) is 17.0 Å². The summed E-state index contributed by atoms with van der Waals surface area (Å²) >= 11 is 0. The van der Waals surface area contributed by atoms with Crippen LogP contribution in [0.15, 0.2) is 30.3 Å². The Labute approximate surface area is 149 Å². The summed E-state index contributed by atoms with van der Waals surface area (Å²) in [5, 5.41) is 0. The van der Waals surface area contributed by atoms with E-state index in [9.17, 15) is 4.39 Å². The molecular weight excluding hydrogens is 318 g/mol. The van der Waals surface area contributed by atoms with E-state index in [-0.39, 0.29) is 22.7 Å². The predicted molar refractivity (Wildman–Crippen MR) is 98.1 cm³/mol. The molecule has 1 atom stereocenters. The number of ether oxygens (including phenoxy) is 1. The number of aryl methyl sites for hydroxylation is 1. The summed E-state index contributed by atoms with van der Waals surface area (Å²) in [5.74, 6) is 0.00584. The molecule has 3 rings (SSSR count). The molecule has 0 amide bonds. The van der Waals surface area contributed by atoms with Gasteiger partial charge in [-0.05, 0) is 66.0 Å². The van der Waals surface area contributed by atoms with Gasteiger partial charge in [-0.15, -0.1) is 0 Å². The highest BCUT2D eigenvalue weighted by Crippen LogP contribution is 2.52. The average molecular weight is 344 g/mol. The van der Waals surface area contributed by atoms with Gasteiger partial charge in [0, 0.05) is 11.1 Å². The van der Waals surface area contributed by atoms with Gasteiger partial charge in [-0.2, -0.15) is 0 Å². The zero-order valence-corrected chi connectivity index (χ0v) is 15.5. The Bertz CT molecular complexity index is 780. The number of hydrogen-bond acceptors (Lipinski definition) is 1. The van der Waals surface area contributed by atoms with E-state index in [2.05, 4.69) is 19.9 Å². The van der Waals surface area contributed by atoms with E-state index in [1.807, 2.05) is 6.92 Å². The molecule has 0 heterocycles. The smallest absolute Gasteiger partial charge is 0.131 e. The Morgan fingerprint density at radius 3 is 2.48 bits per heavy atom. The minimum atomic E-state index is -0.416. The van der Waals surface area contributed by atoms with Crippen molar-refractivity contribution in [1.82, 2.24) is 0 Å². The lowest BCUT2D eigenvalue weighted by molar-refractivity contribution is 0.332. The first-order chi connectivity index (χ1) is 11.9. The van der Waals surface area contributed by atoms with Crippen molar-refractivity contribution < 1.29 is 13.5 Å². The third kappa shape index (κ3) is 3.29. The molecule has 0 aromatic heterocycles. The van der Waals surface area contributed by atoms with Crippen molar-refractivity contribution >= 4 is 0 Å². The first kappa shape index (κ1) is 17.9. The van der Waals surface area contributed by atoms with Crippen LogP contribution in [0.5, 0.6) is 5.75 Å². The predicted octanol–water partition coefficient (Wildman–Crippen LogP) is 6.50. The van der Waals surface area contributed by atoms with Gasteiger partial charge in [-0.3, -0.25) is 0 Å². The maximum Gasteiger partial charge on any atom is 0.131 e. The molecule has 1 nitrogen and oxygen atoms in total. The van der Waals surface area contributed by atoms with Gasteiger partial charge in [-0.25, -0.2) is 8.78 Å². The third-order valence-electron chi connectivity index (χ3n) is 5.66. The topological polar surface area (TPSA) is 9.23 Å². The summed E-state index contributed by atoms with van der Waals surface area (Å²) in [6, 6.07) is 8.14. The van der Waals surface area contributed by atoms with E-state index < -0.39 is 5.82 Å². The fourth-order valence-corrected chi connectivity index (χ4v) is 4.18. The third-order valence-corrected chi connectivity index (χ3v) is 5.66. The highest BCUT2D eigenvalue weighted by atomic mass is 19.1. The summed E-state index contributed by atoms with van der Waals surface area (Å²) in [7, 11) is 1.54. The molecule has 0 spiro atoms. The quantitative estimate of drug-likeness (QED) is 0.615. The van der Waals surface area contributed by atoms with Crippen molar-refractivity contribution in [3.05, 3.63) is 53.1 Å². The van der Waals surface area contributed by atoms with E-state index in [1.54, 1.807) is 18.2 Å². The van der Waals surface area contributed by atoms with Crippen molar-refractivity contribution in [2.24, 2.45) is 5.41 Å². The van der Waals surface area contributed by atoms with E-state index in [0.29, 0.717) is 11.3 Å². The second kappa shape index (κ2) is 6.78. The second-order valence-corrected chi connectivity index (χ2v) is 7.67. The van der Waals surface area contributed by atoms with E-state index in [0.717, 1.165) is 36.8 Å². The van der Waals surface area contributed by atoms with Gasteiger partial charge in [0.2, 0.25) is 0 Å². The Morgan fingerprint density at radius 2 is 1.88 bits per heavy atom. The van der Waals surface area contributed by atoms with Crippen LogP contribution < -0.4 is 4.74 Å². The second-order valence-electron chi connectivity index (χ2n) is 7.67. The monoisotopic (exact) mass is 344 g/mol. The molecule has 25 heavy (non-hydrogen) atoms. The summed E-state index contributed by atoms with van der Waals surface area (Å²) < 4.78 is 34.9. The Morgan fingerprint density at radius 1 is 1.12 bits per heavy atom. The van der Waals surface area contributed by atoms with Crippen molar-refractivity contribution in [1.29, 1.82) is 0 Å². The molecule has 2 aromatic rings. The minimum Gasteiger partial charge on any atom is -0.497 e. The normalized spacial score (nSPS) is 19.2. The van der Waals surface area contributed by atoms with Crippen molar-refractivity contribution in [3.63, 3.8) is 0 Å². The number of rotatable bonds is 4. The average Bonchev–Trinajstić information content (AvgIpc) is 2.94. The van der Waals surface area contributed by atoms with Gasteiger partial charge in [0.25, 0.3) is 0 Å². The SMILES string of the molecule is CCc1cc(F)c(-c2cc(OC)ccc2F)c(C2CCCC2(C)C)c1. The van der Waals surface area contributed by atoms with Gasteiger partial charge in [-0.1, -0.05) is 33.3 Å². The van der Waals surface area contributed by atoms with Crippen LogP contribution >= 0.6 is 0 Å². The molecule has 1 aliphatic rings. The van der Waals surface area contributed by atoms with Gasteiger partial charge < -0.3 is 4.74 Å². The summed E-state index contributed by atoms with van der Waals surface area (Å²) in [4.78, 5) is 0. The Hall–Kier alpha value is -1.90. The fraction of sp³-hybridized carbons (Fsp3) is 0.455. The molecule has 0 aliphatic heterocycles. The Balaban J connectivity index is 2.26. The van der Waals surface area contributed by atoms with Gasteiger partial charge >= 0.3 is 0 Å². The van der Waals surface area contributed by atoms with E-state index in [1.165, 1.54) is 13.2 Å². The Kier molecular flexibility index (Phi) is 4.86. The molecule has 3 heteroatoms. The molecule has 1 aliphatic carbocycles. The van der Waals surface area contributed by atoms with Crippen LogP contribution in [-0.4, -0.2) is 7.11 Å². The van der Waals surface area contributed by atoms with Crippen LogP contribution in [0.1, 0.15) is 57.1 Å². The van der Waals surface area contributed by atoms with Crippen LogP contribution in [-0.2, 0) is 6.42 Å². The molecule has 0 bridgehead atoms. The van der Waals surface area contributed by atoms with Crippen LogP contribution in [0.25, 0.3) is 11.1 Å². The largest absolute Gasteiger partial charge is 0.497 e. The summed E-state index contributed by atoms with van der Waals surface area (Å²) in [6.45, 7) is 6.48. The molecule has 1 saturated carbocycles. The van der Waals surface area contributed by atoms with Crippen molar-refractivity contribution in [2.45, 2.75) is 52.4 Å². The van der Waals surface area contributed by atoms with Crippen molar-refractivity contribution in [3.8, 4) is 16.9 Å². The lowest BCUT2D eigenvalue weighted by Gasteiger charge is -2.30. The van der Waals surface area contributed by atoms with Crippen LogP contribution in [0.4, 0.5) is 8.78 Å². The van der Waals surface area contributed by atoms with Gasteiger partial charge in [0.15, 0.2) is 0 Å². The number of halogens is 2. The van der Waals surface area contributed by atoms with Crippen molar-refractivity contribution in [2.75, 3.05) is 7.11 Å². The zero-order valence-electron chi connectivity index (χ0n) is 15.5. The lowest BCUT2D eigenvalue weighted by atomic mass is 9.75. The molecule has 0 radical (unpaired) electrons. The number of hydrogen-bond donors (Lipinski definition) is 0. The molecule has 0 saturated heterocycles. The first-order valence-corrected chi connectivity index (χ1v) is 9.03. The van der Waals surface area contributed by atoms with Crippen LogP contribution in [0.2, 0.25) is 0 Å². The summed E-state index contributed by atoms with van der Waals surface area (Å²) in [5.41, 5.74) is 2.67. The van der Waals surface area contributed by atoms with Gasteiger partial charge in [0.1, 0.15) is 17.4 Å². The summed E-state index contributed by atoms with van der Waals surface area (Å²) in [6.07, 6.45) is 4.00. The number of methoxy groups -OCH3 is 1. The first-order valence-electron chi connectivity index (χ1n) is 9.03. The molecule has 0 N–H and O–H groups in total. The van der Waals surface area contributed by atoms with E-state index >= 15 is 4.39 Å². The maximum absolute atomic E-state index is 15.1. The number of benzene rings is 2. The maximum atomic E-state index is 15.1. The lowest BCUT2D eigenvalue weighted by Crippen LogP contribution is -2.17. The highest BCUT2D eigenvalue weighted by Gasteiger charge is 2.37. The molecule has 1 fully saturated rings. The zero-order chi connectivity index (χ0) is 18.2. The minimum absolute atomic E-state index is 0.0862. The highest BCUT2D eigenvalue weighted by molar-refractivity contribution is 5.71. The molecular formula is C22H26F2O. The standard InChI is InChI=1S/C22H26F2O/c1-5-14-11-16(18-7-6-10-22(18,2)3)21(20(24)12-14)17-13-15(25-4)8-9-19(17)23/h8-9,11-13,18H,5-7,10H2,1-4H3. The van der Waals surface area contributed by atoms with E-state index in [4.69, 9.17) is 4.74 Å². The molecule has 134 valence electrons. The molecule has 1 unspecified atom stereocenters. The van der Waals surface area contributed by atoms with Crippen LogP contribution in [0.3, 0.4) is 0 Å². The van der Waals surface area contributed by atoms with Gasteiger partial charge in [0.05, 0.1) is 7.11 Å². The fourth-order valence-electron chi connectivity index (χ4n) is 4.18. The molecule has 2 aromatic carbocycles.